The molecule has 4 nitrogen and oxygen atoms in total. The third kappa shape index (κ3) is 6.92. The van der Waals surface area contributed by atoms with Gasteiger partial charge in [0.25, 0.3) is 0 Å². The number of benzene rings is 10. The van der Waals surface area contributed by atoms with Crippen molar-refractivity contribution >= 4 is 94.0 Å². The molecule has 1 aliphatic carbocycles. The summed E-state index contributed by atoms with van der Waals surface area (Å²) in [6, 6.07) is 81.9. The van der Waals surface area contributed by atoms with E-state index in [0.717, 1.165) is 22.7 Å². The van der Waals surface area contributed by atoms with E-state index in [9.17, 15) is 0 Å². The Morgan fingerprint density at radius 2 is 0.846 bits per heavy atom. The summed E-state index contributed by atoms with van der Waals surface area (Å²) in [7, 11) is 0. The second-order valence-corrected chi connectivity index (χ2v) is 23.7. The maximum absolute atomic E-state index is 2.68. The molecule has 0 fully saturated rings. The molecule has 1 aliphatic heterocycles. The van der Waals surface area contributed by atoms with Crippen molar-refractivity contribution in [2.75, 3.05) is 9.80 Å². The number of aromatic nitrogens is 2. The molecule has 0 radical (unpaired) electrons. The lowest BCUT2D eigenvalue weighted by Gasteiger charge is -2.32. The van der Waals surface area contributed by atoms with Gasteiger partial charge in [0.15, 0.2) is 0 Å². The lowest BCUT2D eigenvalue weighted by Crippen LogP contribution is -2.16. The first-order valence-electron chi connectivity index (χ1n) is 27.7. The molecule has 4 heterocycles. The first kappa shape index (κ1) is 46.2. The quantitative estimate of drug-likeness (QED) is 0.151. The molecule has 15 rings (SSSR count). The summed E-state index contributed by atoms with van der Waals surface area (Å²) in [5, 5.41) is 7.59. The smallest absolute Gasteiger partial charge is 0.0641 e. The van der Waals surface area contributed by atoms with Gasteiger partial charge in [-0.3, -0.25) is 0 Å². The molecule has 0 spiro atoms. The number of anilines is 6. The van der Waals surface area contributed by atoms with Crippen molar-refractivity contribution in [3.8, 4) is 22.3 Å². The molecular weight excluding hydrogens is 945 g/mol. The highest BCUT2D eigenvalue weighted by atomic mass is 15.2. The molecule has 0 saturated carbocycles. The van der Waals surface area contributed by atoms with Crippen LogP contribution >= 0.6 is 0 Å². The third-order valence-electron chi connectivity index (χ3n) is 17.0. The molecule has 4 heteroatoms. The van der Waals surface area contributed by atoms with Gasteiger partial charge in [0, 0.05) is 66.3 Å². The molecule has 3 aromatic heterocycles. The van der Waals surface area contributed by atoms with Crippen LogP contribution in [0, 0.1) is 0 Å². The van der Waals surface area contributed by atoms with Gasteiger partial charge >= 0.3 is 0 Å². The largest absolute Gasteiger partial charge is 0.332 e. The van der Waals surface area contributed by atoms with Gasteiger partial charge in [0.05, 0.1) is 56.4 Å². The molecule has 376 valence electrons. The second kappa shape index (κ2) is 17.2. The van der Waals surface area contributed by atoms with Crippen LogP contribution in [0.25, 0.3) is 82.2 Å². The molecule has 2 unspecified atom stereocenters. The van der Waals surface area contributed by atoms with E-state index in [1.165, 1.54) is 110 Å². The van der Waals surface area contributed by atoms with Gasteiger partial charge in [-0.2, -0.15) is 0 Å². The van der Waals surface area contributed by atoms with Gasteiger partial charge in [-0.1, -0.05) is 205 Å². The summed E-state index contributed by atoms with van der Waals surface area (Å²) in [5.74, 6) is 0.146. The van der Waals surface area contributed by atoms with Gasteiger partial charge < -0.3 is 18.8 Å². The van der Waals surface area contributed by atoms with Crippen molar-refractivity contribution < 1.29 is 0 Å². The average molecular weight is 1010 g/mol. The van der Waals surface area contributed by atoms with Crippen LogP contribution in [-0.2, 0) is 10.8 Å². The van der Waals surface area contributed by atoms with Crippen molar-refractivity contribution in [2.24, 2.45) is 0 Å². The van der Waals surface area contributed by atoms with Crippen LogP contribution in [0.4, 0.5) is 34.1 Å². The highest BCUT2D eigenvalue weighted by Crippen LogP contribution is 2.57. The zero-order chi connectivity index (χ0) is 52.6. The zero-order valence-electron chi connectivity index (χ0n) is 45.0. The molecular formula is C74H60N4. The molecule has 0 amide bonds. The van der Waals surface area contributed by atoms with E-state index in [1.54, 1.807) is 0 Å². The number of hydrogen-bond donors (Lipinski definition) is 0. The number of allylic oxidation sites excluding steroid dienone is 4. The first-order valence-corrected chi connectivity index (χ1v) is 27.7. The lowest BCUT2D eigenvalue weighted by molar-refractivity contribution is 0.590. The van der Waals surface area contributed by atoms with E-state index in [1.807, 2.05) is 0 Å². The minimum Gasteiger partial charge on any atom is -0.332 e. The summed E-state index contributed by atoms with van der Waals surface area (Å²) in [6.45, 7) is 13.8. The fraction of sp³-hybridized carbons (Fsp3) is 0.135. The predicted molar refractivity (Wildman–Crippen MR) is 332 cm³/mol. The summed E-state index contributed by atoms with van der Waals surface area (Å²) in [6.07, 6.45) is 9.38. The second-order valence-electron chi connectivity index (χ2n) is 23.7. The monoisotopic (exact) mass is 1000 g/mol. The lowest BCUT2D eigenvalue weighted by atomic mass is 9.84. The number of para-hydroxylation sites is 3. The van der Waals surface area contributed by atoms with Crippen molar-refractivity contribution in [1.29, 1.82) is 0 Å². The van der Waals surface area contributed by atoms with Crippen LogP contribution in [0.1, 0.15) is 70.2 Å². The summed E-state index contributed by atoms with van der Waals surface area (Å²) < 4.78 is 5.25. The minimum atomic E-state index is -0.0227. The van der Waals surface area contributed by atoms with Crippen molar-refractivity contribution in [1.82, 2.24) is 8.97 Å². The van der Waals surface area contributed by atoms with Crippen LogP contribution in [0.3, 0.4) is 0 Å². The first-order chi connectivity index (χ1) is 38.0. The molecule has 78 heavy (non-hydrogen) atoms. The van der Waals surface area contributed by atoms with E-state index >= 15 is 0 Å². The van der Waals surface area contributed by atoms with Crippen LogP contribution in [0.2, 0.25) is 0 Å². The van der Waals surface area contributed by atoms with Crippen LogP contribution < -0.4 is 9.80 Å². The van der Waals surface area contributed by atoms with Gasteiger partial charge in [-0.15, -0.1) is 0 Å². The van der Waals surface area contributed by atoms with Crippen molar-refractivity contribution in [3.05, 3.63) is 259 Å². The summed E-state index contributed by atoms with van der Waals surface area (Å²) >= 11 is 0. The van der Waals surface area contributed by atoms with E-state index in [2.05, 4.69) is 303 Å². The van der Waals surface area contributed by atoms with E-state index < -0.39 is 0 Å². The average Bonchev–Trinajstić information content (AvgIpc) is 3.06. The molecule has 0 bridgehead atoms. The van der Waals surface area contributed by atoms with Gasteiger partial charge in [0.2, 0.25) is 0 Å². The maximum Gasteiger partial charge on any atom is 0.0641 e. The predicted octanol–water partition coefficient (Wildman–Crippen LogP) is 20.6. The van der Waals surface area contributed by atoms with Crippen molar-refractivity contribution in [2.45, 2.75) is 64.3 Å². The number of nitrogens with zero attached hydrogens (tertiary/aromatic N) is 4. The summed E-state index contributed by atoms with van der Waals surface area (Å²) in [4.78, 5) is 5.05. The highest BCUT2D eigenvalue weighted by Gasteiger charge is 2.39. The standard InChI is InChI=1S/C74H60N4/c1-73(2,3)49-35-39-63(57(43-49)47-23-11-7-12-24-47)75(51-27-15-9-16-28-51)65-41-37-53-59-45-68-60(46-67(59)77-61-33-21-19-31-55(61)69(65)71(53)77)54-38-42-66(70-56-32-20-22-34-62(56)78(68)72(54)70)76(52-29-17-10-18-30-52)64-40-36-50(74(4,5)6)44-58(64)48-25-13-8-14-26-48/h7-46,55,61H,1-6H3. The Balaban J connectivity index is 0.989. The Labute approximate surface area is 456 Å². The fourth-order valence-electron chi connectivity index (χ4n) is 13.3. The van der Waals surface area contributed by atoms with E-state index in [4.69, 9.17) is 0 Å². The normalized spacial score (nSPS) is 15.2. The molecule has 0 saturated heterocycles. The maximum atomic E-state index is 2.68. The highest BCUT2D eigenvalue weighted by molar-refractivity contribution is 6.29. The van der Waals surface area contributed by atoms with E-state index in [-0.39, 0.29) is 22.8 Å². The Morgan fingerprint density at radius 1 is 0.372 bits per heavy atom. The Morgan fingerprint density at radius 3 is 1.44 bits per heavy atom. The Kier molecular flexibility index (Phi) is 10.2. The zero-order valence-corrected chi connectivity index (χ0v) is 45.0. The number of rotatable bonds is 8. The van der Waals surface area contributed by atoms with Gasteiger partial charge in [-0.25, -0.2) is 0 Å². The van der Waals surface area contributed by atoms with Crippen LogP contribution in [0.5, 0.6) is 0 Å². The van der Waals surface area contributed by atoms with Gasteiger partial charge in [0.1, 0.15) is 0 Å². The molecule has 13 aromatic rings. The summed E-state index contributed by atoms with van der Waals surface area (Å²) in [5.41, 5.74) is 22.0. The number of hydrogen-bond acceptors (Lipinski definition) is 2. The fourth-order valence-corrected chi connectivity index (χ4v) is 13.3. The Hall–Kier alpha value is -9.12. The minimum absolute atomic E-state index is 0.0180. The molecule has 2 aliphatic rings. The van der Waals surface area contributed by atoms with Crippen LogP contribution in [-0.4, -0.2) is 8.97 Å². The topological polar surface area (TPSA) is 15.8 Å². The third-order valence-corrected chi connectivity index (χ3v) is 17.0. The van der Waals surface area contributed by atoms with Crippen molar-refractivity contribution in [3.63, 3.8) is 0 Å². The van der Waals surface area contributed by atoms with Gasteiger partial charge in [-0.05, 0) is 112 Å². The molecule has 0 N–H and O–H groups in total. The SMILES string of the molecule is CC(C)(C)c1ccc(N(c2ccccc2)c2ccc3c4cc5c(cc4n4c3c2C2C=CC=CC24)c2ccc(N(c3ccccc3)c3ccc(C(C)(C)C)cc3-c3ccccc3)c3c4ccccc4n5c23)c(-c2ccccc2)c1. The number of fused-ring (bicyclic) bond motifs is 12. The molecule has 2 atom stereocenters. The van der Waals surface area contributed by atoms with E-state index in [0.29, 0.717) is 0 Å². The Bertz CT molecular complexity index is 4560. The van der Waals surface area contributed by atoms with Crippen LogP contribution in [0.15, 0.2) is 243 Å². The molecule has 10 aromatic carbocycles.